The van der Waals surface area contributed by atoms with Crippen molar-refractivity contribution < 1.29 is 0 Å². The third kappa shape index (κ3) is 3.03. The van der Waals surface area contributed by atoms with Crippen LogP contribution in [-0.4, -0.2) is 16.0 Å². The molecule has 1 heterocycles. The monoisotopic (exact) mass is 233 g/mol. The second-order valence-corrected chi connectivity index (χ2v) is 5.23. The van der Waals surface area contributed by atoms with Crippen LogP contribution in [0.1, 0.15) is 61.8 Å². The van der Waals surface area contributed by atoms with Gasteiger partial charge in [0, 0.05) is 17.7 Å². The molecular weight excluding hydrogens is 210 g/mol. The fraction of sp³-hybridized carbons (Fsp3) is 0.714. The molecular formula is C14H23N3. The maximum Gasteiger partial charge on any atom is 0.125 e. The molecule has 0 aromatic carbocycles. The Morgan fingerprint density at radius 2 is 2.06 bits per heavy atom. The molecule has 1 aliphatic rings. The van der Waals surface area contributed by atoms with Crippen LogP contribution in [0, 0.1) is 6.92 Å². The molecule has 94 valence electrons. The van der Waals surface area contributed by atoms with Gasteiger partial charge in [0.25, 0.3) is 0 Å². The lowest BCUT2D eigenvalue weighted by Crippen LogP contribution is -2.17. The van der Waals surface area contributed by atoms with Gasteiger partial charge in [0.15, 0.2) is 0 Å². The van der Waals surface area contributed by atoms with Crippen LogP contribution in [0.25, 0.3) is 0 Å². The zero-order valence-corrected chi connectivity index (χ0v) is 11.2. The van der Waals surface area contributed by atoms with E-state index in [1.54, 1.807) is 0 Å². The number of hydrogen-bond acceptors (Lipinski definition) is 3. The molecule has 0 spiro atoms. The molecule has 1 atom stereocenters. The summed E-state index contributed by atoms with van der Waals surface area (Å²) < 4.78 is 0. The molecule has 0 aliphatic heterocycles. The van der Waals surface area contributed by atoms with E-state index in [0.717, 1.165) is 25.1 Å². The maximum atomic E-state index is 5.84. The summed E-state index contributed by atoms with van der Waals surface area (Å²) >= 11 is 0. The first-order chi connectivity index (χ1) is 8.11. The van der Waals surface area contributed by atoms with Crippen LogP contribution in [0.4, 0.5) is 0 Å². The van der Waals surface area contributed by atoms with Crippen LogP contribution < -0.4 is 5.73 Å². The van der Waals surface area contributed by atoms with Crippen LogP contribution in [-0.2, 0) is 12.8 Å². The Morgan fingerprint density at radius 1 is 1.35 bits per heavy atom. The van der Waals surface area contributed by atoms with Crippen molar-refractivity contribution in [3.63, 3.8) is 0 Å². The molecule has 0 bridgehead atoms. The Bertz CT molecular complexity index is 395. The van der Waals surface area contributed by atoms with E-state index in [9.17, 15) is 0 Å². The highest BCUT2D eigenvalue weighted by Gasteiger charge is 2.28. The molecule has 2 N–H and O–H groups in total. The van der Waals surface area contributed by atoms with Gasteiger partial charge in [-0.15, -0.1) is 0 Å². The summed E-state index contributed by atoms with van der Waals surface area (Å²) in [5.41, 5.74) is 9.78. The number of nitrogens with zero attached hydrogens (tertiary/aromatic N) is 2. The van der Waals surface area contributed by atoms with E-state index in [-0.39, 0.29) is 6.04 Å². The Kier molecular flexibility index (Phi) is 3.77. The highest BCUT2D eigenvalue weighted by molar-refractivity contribution is 5.31. The number of hydrogen-bond donors (Lipinski definition) is 1. The highest BCUT2D eigenvalue weighted by Crippen LogP contribution is 2.41. The van der Waals surface area contributed by atoms with Crippen molar-refractivity contribution in [2.75, 3.05) is 0 Å². The Morgan fingerprint density at radius 3 is 2.59 bits per heavy atom. The molecule has 3 nitrogen and oxygen atoms in total. The first kappa shape index (κ1) is 12.5. The first-order valence-electron chi connectivity index (χ1n) is 6.73. The number of nitrogens with two attached hydrogens (primary N) is 1. The average Bonchev–Trinajstić information content (AvgIpc) is 3.09. The number of aromatic nitrogens is 2. The lowest BCUT2D eigenvalue weighted by Gasteiger charge is -2.13. The van der Waals surface area contributed by atoms with Crippen molar-refractivity contribution in [1.29, 1.82) is 0 Å². The summed E-state index contributed by atoms with van der Waals surface area (Å²) in [4.78, 5) is 9.27. The van der Waals surface area contributed by atoms with Gasteiger partial charge < -0.3 is 5.73 Å². The first-order valence-corrected chi connectivity index (χ1v) is 6.73. The van der Waals surface area contributed by atoms with E-state index >= 15 is 0 Å². The molecule has 0 saturated heterocycles. The third-order valence-corrected chi connectivity index (χ3v) is 3.39. The topological polar surface area (TPSA) is 51.8 Å². The molecule has 17 heavy (non-hydrogen) atoms. The van der Waals surface area contributed by atoms with Gasteiger partial charge in [-0.1, -0.05) is 6.92 Å². The summed E-state index contributed by atoms with van der Waals surface area (Å²) in [6.07, 6.45) is 5.64. The van der Waals surface area contributed by atoms with Gasteiger partial charge in [0.1, 0.15) is 5.82 Å². The Hall–Kier alpha value is -0.960. The fourth-order valence-corrected chi connectivity index (χ4v) is 2.33. The molecule has 1 saturated carbocycles. The van der Waals surface area contributed by atoms with E-state index in [1.807, 2.05) is 6.92 Å². The van der Waals surface area contributed by atoms with E-state index in [2.05, 4.69) is 23.8 Å². The normalized spacial score (nSPS) is 17.2. The molecule has 0 amide bonds. The lowest BCUT2D eigenvalue weighted by molar-refractivity contribution is 0.649. The second-order valence-electron chi connectivity index (χ2n) is 5.23. The molecule has 3 heteroatoms. The van der Waals surface area contributed by atoms with Gasteiger partial charge in [-0.2, -0.15) is 0 Å². The zero-order chi connectivity index (χ0) is 12.4. The fourth-order valence-electron chi connectivity index (χ4n) is 2.33. The molecule has 1 fully saturated rings. The largest absolute Gasteiger partial charge is 0.328 e. The predicted octanol–water partition coefficient (Wildman–Crippen LogP) is 2.50. The van der Waals surface area contributed by atoms with Crippen molar-refractivity contribution >= 4 is 0 Å². The van der Waals surface area contributed by atoms with Gasteiger partial charge in [0.05, 0.1) is 5.69 Å². The maximum absolute atomic E-state index is 5.84. The van der Waals surface area contributed by atoms with E-state index in [1.165, 1.54) is 29.8 Å². The van der Waals surface area contributed by atoms with Crippen LogP contribution in [0.3, 0.4) is 0 Å². The van der Waals surface area contributed by atoms with Crippen molar-refractivity contribution in [2.45, 2.75) is 64.8 Å². The van der Waals surface area contributed by atoms with Crippen molar-refractivity contribution in [3.8, 4) is 0 Å². The van der Waals surface area contributed by atoms with Gasteiger partial charge in [-0.3, -0.25) is 0 Å². The smallest absolute Gasteiger partial charge is 0.125 e. The molecule has 1 unspecified atom stereocenters. The Balaban J connectivity index is 2.28. The summed E-state index contributed by atoms with van der Waals surface area (Å²) in [6.45, 7) is 6.26. The van der Waals surface area contributed by atoms with E-state index in [4.69, 9.17) is 5.73 Å². The SMILES string of the molecule is CCc1c(CCC(C)N)nc(C)nc1C1CC1. The minimum absolute atomic E-state index is 0.249. The number of aryl methyl sites for hydroxylation is 2. The van der Waals surface area contributed by atoms with Crippen LogP contribution >= 0.6 is 0 Å². The zero-order valence-electron chi connectivity index (χ0n) is 11.2. The highest BCUT2D eigenvalue weighted by atomic mass is 14.9. The van der Waals surface area contributed by atoms with Gasteiger partial charge >= 0.3 is 0 Å². The minimum Gasteiger partial charge on any atom is -0.328 e. The standard InChI is InChI=1S/C14H23N3/c1-4-12-13(8-5-9(2)15)16-10(3)17-14(12)11-6-7-11/h9,11H,4-8,15H2,1-3H3. The minimum atomic E-state index is 0.249. The van der Waals surface area contributed by atoms with Gasteiger partial charge in [0.2, 0.25) is 0 Å². The quantitative estimate of drug-likeness (QED) is 0.850. The van der Waals surface area contributed by atoms with Gasteiger partial charge in [-0.05, 0) is 51.5 Å². The molecule has 0 radical (unpaired) electrons. The molecule has 1 aromatic heterocycles. The predicted molar refractivity (Wildman–Crippen MR) is 70.1 cm³/mol. The summed E-state index contributed by atoms with van der Waals surface area (Å²) in [6, 6.07) is 0.249. The van der Waals surface area contributed by atoms with E-state index in [0.29, 0.717) is 5.92 Å². The van der Waals surface area contributed by atoms with Crippen molar-refractivity contribution in [3.05, 3.63) is 22.8 Å². The van der Waals surface area contributed by atoms with Crippen LogP contribution in [0.5, 0.6) is 0 Å². The lowest BCUT2D eigenvalue weighted by atomic mass is 10.0. The van der Waals surface area contributed by atoms with E-state index < -0.39 is 0 Å². The third-order valence-electron chi connectivity index (χ3n) is 3.39. The number of rotatable bonds is 5. The molecule has 2 rings (SSSR count). The second kappa shape index (κ2) is 5.13. The average molecular weight is 233 g/mol. The Labute approximate surface area is 104 Å². The summed E-state index contributed by atoms with van der Waals surface area (Å²) in [5.74, 6) is 1.63. The van der Waals surface area contributed by atoms with Crippen molar-refractivity contribution in [2.24, 2.45) is 5.73 Å². The van der Waals surface area contributed by atoms with Crippen LogP contribution in [0.2, 0.25) is 0 Å². The molecule has 1 aliphatic carbocycles. The van der Waals surface area contributed by atoms with Gasteiger partial charge in [-0.25, -0.2) is 9.97 Å². The van der Waals surface area contributed by atoms with Crippen LogP contribution in [0.15, 0.2) is 0 Å². The van der Waals surface area contributed by atoms with Crippen molar-refractivity contribution in [1.82, 2.24) is 9.97 Å². The summed E-state index contributed by atoms with van der Waals surface area (Å²) in [5, 5.41) is 0. The molecule has 1 aromatic rings. The summed E-state index contributed by atoms with van der Waals surface area (Å²) in [7, 11) is 0.